The van der Waals surface area contributed by atoms with Crippen molar-refractivity contribution in [2.45, 2.75) is 36.8 Å². The van der Waals surface area contributed by atoms with E-state index in [9.17, 15) is 9.90 Å². The van der Waals surface area contributed by atoms with Crippen LogP contribution >= 0.6 is 0 Å². The van der Waals surface area contributed by atoms with E-state index in [0.29, 0.717) is 0 Å². The van der Waals surface area contributed by atoms with Gasteiger partial charge in [0.2, 0.25) is 0 Å². The van der Waals surface area contributed by atoms with E-state index < -0.39 is 12.1 Å². The first-order chi connectivity index (χ1) is 8.22. The number of benzene rings is 1. The number of cyclic esters (lactones) is 1. The van der Waals surface area contributed by atoms with Crippen molar-refractivity contribution >= 4 is 25.4 Å². The molecule has 1 fully saturated rings. The Labute approximate surface area is 107 Å². The van der Waals surface area contributed by atoms with Crippen LogP contribution in [0.5, 0.6) is 0 Å². The average Bonchev–Trinajstić information content (AvgIpc) is 2.59. The van der Waals surface area contributed by atoms with E-state index >= 15 is 0 Å². The van der Waals surface area contributed by atoms with Crippen molar-refractivity contribution in [1.29, 1.82) is 0 Å². The Morgan fingerprint density at radius 1 is 1.35 bits per heavy atom. The van der Waals surface area contributed by atoms with Gasteiger partial charge in [-0.05, 0) is 0 Å². The molecule has 1 aromatic rings. The van der Waals surface area contributed by atoms with Gasteiger partial charge >= 0.3 is 107 Å². The van der Waals surface area contributed by atoms with Crippen LogP contribution in [-0.4, -0.2) is 38.2 Å². The van der Waals surface area contributed by atoms with Crippen LogP contribution in [0.4, 0.5) is 0 Å². The SMILES string of the molecule is CCC[C@H]1OC(=O)[C@@H](O)[C@H]1[Se]c1ccccc1. The number of hydrogen-bond acceptors (Lipinski definition) is 3. The molecule has 0 spiro atoms. The Balaban J connectivity index is 2.09. The Morgan fingerprint density at radius 3 is 2.71 bits per heavy atom. The van der Waals surface area contributed by atoms with E-state index in [0.717, 1.165) is 12.8 Å². The summed E-state index contributed by atoms with van der Waals surface area (Å²) in [4.78, 5) is 11.4. The van der Waals surface area contributed by atoms with E-state index in [1.807, 2.05) is 30.3 Å². The molecule has 1 aliphatic rings. The van der Waals surface area contributed by atoms with Crippen molar-refractivity contribution in [3.8, 4) is 0 Å². The molecule has 1 N–H and O–H groups in total. The maximum atomic E-state index is 11.4. The second kappa shape index (κ2) is 5.67. The van der Waals surface area contributed by atoms with Crippen molar-refractivity contribution < 1.29 is 14.6 Å². The molecule has 0 aliphatic carbocycles. The molecule has 0 aromatic heterocycles. The molecule has 0 radical (unpaired) electrons. The van der Waals surface area contributed by atoms with Crippen molar-refractivity contribution in [1.82, 2.24) is 0 Å². The monoisotopic (exact) mass is 300 g/mol. The van der Waals surface area contributed by atoms with Crippen LogP contribution in [0.25, 0.3) is 0 Å². The fourth-order valence-electron chi connectivity index (χ4n) is 1.93. The van der Waals surface area contributed by atoms with Crippen molar-refractivity contribution in [2.24, 2.45) is 0 Å². The van der Waals surface area contributed by atoms with Crippen molar-refractivity contribution in [3.63, 3.8) is 0 Å². The number of esters is 1. The fraction of sp³-hybridized carbons (Fsp3) is 0.462. The Morgan fingerprint density at radius 2 is 2.06 bits per heavy atom. The predicted octanol–water partition coefficient (Wildman–Crippen LogP) is 0.891. The number of ether oxygens (including phenoxy) is 1. The Kier molecular flexibility index (Phi) is 4.21. The molecule has 3 nitrogen and oxygen atoms in total. The summed E-state index contributed by atoms with van der Waals surface area (Å²) in [6.07, 6.45) is 0.753. The molecular formula is C13H16O3Se. The van der Waals surface area contributed by atoms with Crippen LogP contribution in [-0.2, 0) is 9.53 Å². The third-order valence-electron chi connectivity index (χ3n) is 2.78. The summed E-state index contributed by atoms with van der Waals surface area (Å²) in [6, 6.07) is 10.0. The number of rotatable bonds is 4. The van der Waals surface area contributed by atoms with E-state index in [2.05, 4.69) is 6.92 Å². The standard InChI is InChI=1S/C13H16O3Se/c1-2-6-10-12(11(14)13(15)16-10)17-9-7-4-3-5-8-9/h3-5,7-8,10-12,14H,2,6H2,1H3/t10-,11+,12+/m1/s1. The summed E-state index contributed by atoms with van der Waals surface area (Å²) >= 11 is 0.0761. The third kappa shape index (κ3) is 2.89. The van der Waals surface area contributed by atoms with E-state index in [1.165, 1.54) is 4.46 Å². The number of carbonyl (C=O) groups is 1. The van der Waals surface area contributed by atoms with E-state index in [1.54, 1.807) is 0 Å². The molecule has 4 heteroatoms. The first-order valence-electron chi connectivity index (χ1n) is 5.82. The van der Waals surface area contributed by atoms with Crippen LogP contribution in [0.1, 0.15) is 19.8 Å². The first-order valence-corrected chi connectivity index (χ1v) is 7.67. The summed E-state index contributed by atoms with van der Waals surface area (Å²) in [7, 11) is 0. The summed E-state index contributed by atoms with van der Waals surface area (Å²) < 4.78 is 6.42. The zero-order chi connectivity index (χ0) is 12.3. The van der Waals surface area contributed by atoms with Crippen molar-refractivity contribution in [2.75, 3.05) is 0 Å². The molecule has 1 saturated heterocycles. The Hall–Kier alpha value is -0.831. The van der Waals surface area contributed by atoms with Gasteiger partial charge < -0.3 is 0 Å². The summed E-state index contributed by atoms with van der Waals surface area (Å²) in [5.41, 5.74) is 0. The van der Waals surface area contributed by atoms with Crippen LogP contribution in [0.15, 0.2) is 30.3 Å². The number of carbonyl (C=O) groups excluding carboxylic acids is 1. The molecule has 1 heterocycles. The van der Waals surface area contributed by atoms with Gasteiger partial charge in [-0.2, -0.15) is 0 Å². The van der Waals surface area contributed by atoms with Crippen LogP contribution in [0, 0.1) is 0 Å². The molecular weight excluding hydrogens is 283 g/mol. The van der Waals surface area contributed by atoms with Gasteiger partial charge in [0.1, 0.15) is 0 Å². The molecule has 3 atom stereocenters. The zero-order valence-electron chi connectivity index (χ0n) is 9.70. The van der Waals surface area contributed by atoms with Crippen LogP contribution < -0.4 is 4.46 Å². The number of hydrogen-bond donors (Lipinski definition) is 1. The molecule has 17 heavy (non-hydrogen) atoms. The van der Waals surface area contributed by atoms with Gasteiger partial charge in [-0.1, -0.05) is 0 Å². The normalized spacial score (nSPS) is 28.1. The van der Waals surface area contributed by atoms with Gasteiger partial charge in [0.15, 0.2) is 0 Å². The number of aliphatic hydroxyl groups is 1. The van der Waals surface area contributed by atoms with E-state index in [-0.39, 0.29) is 25.9 Å². The van der Waals surface area contributed by atoms with Crippen molar-refractivity contribution in [3.05, 3.63) is 30.3 Å². The first kappa shape index (κ1) is 12.6. The summed E-state index contributed by atoms with van der Waals surface area (Å²) in [5.74, 6) is -0.453. The minimum absolute atomic E-state index is 0.0441. The zero-order valence-corrected chi connectivity index (χ0v) is 11.4. The van der Waals surface area contributed by atoms with Crippen LogP contribution in [0.2, 0.25) is 4.82 Å². The van der Waals surface area contributed by atoms with Gasteiger partial charge in [-0.15, -0.1) is 0 Å². The molecule has 2 rings (SSSR count). The fourth-order valence-corrected chi connectivity index (χ4v) is 4.47. The molecule has 1 aliphatic heterocycles. The topological polar surface area (TPSA) is 46.5 Å². The average molecular weight is 299 g/mol. The molecule has 0 unspecified atom stereocenters. The van der Waals surface area contributed by atoms with Gasteiger partial charge in [0, 0.05) is 0 Å². The van der Waals surface area contributed by atoms with Gasteiger partial charge in [0.25, 0.3) is 0 Å². The van der Waals surface area contributed by atoms with Crippen LogP contribution in [0.3, 0.4) is 0 Å². The molecule has 92 valence electrons. The molecule has 0 amide bonds. The molecule has 0 bridgehead atoms. The predicted molar refractivity (Wildman–Crippen MR) is 66.4 cm³/mol. The summed E-state index contributed by atoms with van der Waals surface area (Å²) in [5, 5.41) is 9.86. The maximum absolute atomic E-state index is 11.4. The minimum atomic E-state index is -0.938. The van der Waals surface area contributed by atoms with Gasteiger partial charge in [0.05, 0.1) is 0 Å². The quantitative estimate of drug-likeness (QED) is 0.663. The second-order valence-electron chi connectivity index (χ2n) is 4.10. The molecule has 0 saturated carbocycles. The molecule has 1 aromatic carbocycles. The van der Waals surface area contributed by atoms with Gasteiger partial charge in [-0.3, -0.25) is 0 Å². The summed E-state index contributed by atoms with van der Waals surface area (Å²) in [6.45, 7) is 2.06. The van der Waals surface area contributed by atoms with Gasteiger partial charge in [-0.25, -0.2) is 0 Å². The Bertz CT molecular complexity index is 380. The van der Waals surface area contributed by atoms with E-state index in [4.69, 9.17) is 4.74 Å². The third-order valence-corrected chi connectivity index (χ3v) is 5.67. The second-order valence-corrected chi connectivity index (χ2v) is 6.73. The number of aliphatic hydroxyl groups excluding tert-OH is 1.